The molecule has 6 nitrogen and oxygen atoms in total. The summed E-state index contributed by atoms with van der Waals surface area (Å²) in [5, 5.41) is 25.1. The molecule has 0 unspecified atom stereocenters. The number of hydrogen-bond donors (Lipinski definition) is 3. The number of rotatable bonds is 5. The van der Waals surface area contributed by atoms with Gasteiger partial charge in [0, 0.05) is 10.9 Å². The van der Waals surface area contributed by atoms with E-state index in [1.165, 1.54) is 0 Å². The molecule has 0 aromatic heterocycles. The van der Waals surface area contributed by atoms with Crippen LogP contribution in [-0.2, 0) is 27.0 Å². The minimum Gasteiger partial charge on any atom is -0.481 e. The van der Waals surface area contributed by atoms with E-state index in [0.29, 0.717) is 0 Å². The summed E-state index contributed by atoms with van der Waals surface area (Å²) in [6.45, 7) is 1.60. The fourth-order valence-electron chi connectivity index (χ4n) is 1.39. The third-order valence-electron chi connectivity index (χ3n) is 2.70. The van der Waals surface area contributed by atoms with Gasteiger partial charge in [-0.15, -0.1) is 0 Å². The van der Waals surface area contributed by atoms with Crippen molar-refractivity contribution in [2.45, 2.75) is 25.9 Å². The lowest BCUT2D eigenvalue weighted by Gasteiger charge is -2.12. The maximum atomic E-state index is 12.4. The minimum atomic E-state index is -4.51. The lowest BCUT2D eigenvalue weighted by Crippen LogP contribution is -2.25. The normalized spacial score (nSPS) is 10.8. The van der Waals surface area contributed by atoms with Gasteiger partial charge in [-0.2, -0.15) is 13.2 Å². The van der Waals surface area contributed by atoms with Crippen molar-refractivity contribution in [1.29, 1.82) is 0 Å². The topological polar surface area (TPSA) is 112 Å². The molecule has 0 fully saturated rings. The quantitative estimate of drug-likeness (QED) is 0.637. The van der Waals surface area contributed by atoms with Crippen molar-refractivity contribution in [2.75, 3.05) is 0 Å². The Balaban J connectivity index is 0.000000922. The Hall–Kier alpha value is -2.10. The predicted octanol–water partition coefficient (Wildman–Crippen LogP) is 3.28. The van der Waals surface area contributed by atoms with E-state index >= 15 is 0 Å². The minimum absolute atomic E-state index is 0.0230. The van der Waals surface area contributed by atoms with Gasteiger partial charge in [0.05, 0.1) is 5.56 Å². The molecule has 10 heteroatoms. The zero-order valence-electron chi connectivity index (χ0n) is 12.3. The van der Waals surface area contributed by atoms with E-state index in [0.717, 1.165) is 18.2 Å². The number of carboxylic acid groups (broad SMARTS) is 3. The van der Waals surface area contributed by atoms with Gasteiger partial charge in [0.1, 0.15) is 0 Å². The lowest BCUT2D eigenvalue weighted by atomic mass is 9.98. The summed E-state index contributed by atoms with van der Waals surface area (Å²) < 4.78 is 37.3. The van der Waals surface area contributed by atoms with Crippen molar-refractivity contribution in [3.05, 3.63) is 33.8 Å². The number of hydrogen-bond acceptors (Lipinski definition) is 3. The van der Waals surface area contributed by atoms with Gasteiger partial charge in [-0.3, -0.25) is 14.4 Å². The van der Waals surface area contributed by atoms with E-state index in [1.807, 2.05) is 0 Å². The van der Waals surface area contributed by atoms with Gasteiger partial charge >= 0.3 is 24.1 Å². The van der Waals surface area contributed by atoms with Gasteiger partial charge in [0.2, 0.25) is 0 Å². The van der Waals surface area contributed by atoms with Crippen molar-refractivity contribution in [2.24, 2.45) is 5.92 Å². The second-order valence-corrected chi connectivity index (χ2v) is 5.34. The van der Waals surface area contributed by atoms with Crippen LogP contribution < -0.4 is 0 Å². The first kappa shape index (κ1) is 21.9. The van der Waals surface area contributed by atoms with Gasteiger partial charge in [0.25, 0.3) is 0 Å². The van der Waals surface area contributed by atoms with Crippen molar-refractivity contribution >= 4 is 33.8 Å². The number of carboxylic acids is 3. The second-order valence-electron chi connectivity index (χ2n) is 4.48. The highest BCUT2D eigenvalue weighted by Crippen LogP contribution is 2.32. The first-order valence-corrected chi connectivity index (χ1v) is 7.22. The molecule has 0 saturated heterocycles. The SMILES string of the molecule is CCC(=O)O.O=C(O)C(Cc1ccc(C(F)(F)F)cc1Br)C(=O)O. The molecular formula is C14H14BrF3O6. The largest absolute Gasteiger partial charge is 0.481 e. The van der Waals surface area contributed by atoms with E-state index in [-0.39, 0.29) is 16.5 Å². The summed E-state index contributed by atoms with van der Waals surface area (Å²) >= 11 is 2.88. The molecule has 1 rings (SSSR count). The van der Waals surface area contributed by atoms with Crippen LogP contribution in [0.25, 0.3) is 0 Å². The zero-order valence-corrected chi connectivity index (χ0v) is 13.9. The number of benzene rings is 1. The number of aliphatic carboxylic acids is 3. The first-order valence-electron chi connectivity index (χ1n) is 6.43. The van der Waals surface area contributed by atoms with Crippen LogP contribution in [0.1, 0.15) is 24.5 Å². The summed E-state index contributed by atoms with van der Waals surface area (Å²) in [7, 11) is 0. The highest BCUT2D eigenvalue weighted by atomic mass is 79.9. The molecule has 0 aliphatic rings. The molecule has 134 valence electrons. The van der Waals surface area contributed by atoms with E-state index in [2.05, 4.69) is 15.9 Å². The molecule has 0 amide bonds. The molecule has 0 heterocycles. The Morgan fingerprint density at radius 1 is 1.12 bits per heavy atom. The Labute approximate surface area is 143 Å². The van der Waals surface area contributed by atoms with Crippen LogP contribution in [-0.4, -0.2) is 33.2 Å². The molecule has 0 saturated carbocycles. The molecule has 3 N–H and O–H groups in total. The van der Waals surface area contributed by atoms with Gasteiger partial charge < -0.3 is 15.3 Å². The smallest absolute Gasteiger partial charge is 0.416 e. The summed E-state index contributed by atoms with van der Waals surface area (Å²) in [6.07, 6.45) is -4.69. The van der Waals surface area contributed by atoms with Crippen LogP contribution in [0.5, 0.6) is 0 Å². The zero-order chi connectivity index (χ0) is 19.1. The Morgan fingerprint density at radius 3 is 1.88 bits per heavy atom. The molecule has 0 spiro atoms. The Morgan fingerprint density at radius 2 is 1.58 bits per heavy atom. The standard InChI is InChI=1S/C11H8BrF3O4.C3H6O2/c12-8-4-6(11(13,14)15)2-1-5(8)3-7(9(16)17)10(18)19;1-2-3(4)5/h1-2,4,7H,3H2,(H,16,17)(H,18,19);2H2,1H3,(H,4,5). The molecule has 24 heavy (non-hydrogen) atoms. The lowest BCUT2D eigenvalue weighted by molar-refractivity contribution is -0.154. The van der Waals surface area contributed by atoms with E-state index in [1.54, 1.807) is 6.92 Å². The molecule has 0 bridgehead atoms. The summed E-state index contributed by atoms with van der Waals surface area (Å²) in [5.74, 6) is -5.53. The van der Waals surface area contributed by atoms with Crippen LogP contribution in [0.4, 0.5) is 13.2 Å². The highest BCUT2D eigenvalue weighted by Gasteiger charge is 2.32. The molecule has 0 aliphatic carbocycles. The molecule has 0 radical (unpaired) electrons. The first-order chi connectivity index (χ1) is 10.9. The van der Waals surface area contributed by atoms with Crippen LogP contribution in [0.15, 0.2) is 22.7 Å². The molecule has 0 atom stereocenters. The van der Waals surface area contributed by atoms with E-state index in [4.69, 9.17) is 15.3 Å². The predicted molar refractivity (Wildman–Crippen MR) is 79.5 cm³/mol. The molecular weight excluding hydrogens is 401 g/mol. The van der Waals surface area contributed by atoms with Crippen LogP contribution in [0, 0.1) is 5.92 Å². The van der Waals surface area contributed by atoms with Crippen molar-refractivity contribution in [3.8, 4) is 0 Å². The van der Waals surface area contributed by atoms with Crippen molar-refractivity contribution in [1.82, 2.24) is 0 Å². The summed E-state index contributed by atoms with van der Waals surface area (Å²) in [5.41, 5.74) is -0.715. The third kappa shape index (κ3) is 7.44. The summed E-state index contributed by atoms with van der Waals surface area (Å²) in [4.78, 5) is 30.8. The van der Waals surface area contributed by atoms with E-state index < -0.39 is 42.0 Å². The fourth-order valence-corrected chi connectivity index (χ4v) is 1.93. The number of carbonyl (C=O) groups is 3. The van der Waals surface area contributed by atoms with Gasteiger partial charge in [0.15, 0.2) is 5.92 Å². The third-order valence-corrected chi connectivity index (χ3v) is 3.44. The maximum absolute atomic E-state index is 12.4. The monoisotopic (exact) mass is 414 g/mol. The average Bonchev–Trinajstić information content (AvgIpc) is 2.44. The van der Waals surface area contributed by atoms with Crippen molar-refractivity contribution < 1.29 is 42.9 Å². The molecule has 1 aromatic rings. The summed E-state index contributed by atoms with van der Waals surface area (Å²) in [6, 6.07) is 2.63. The van der Waals surface area contributed by atoms with Gasteiger partial charge in [-0.05, 0) is 24.1 Å². The Kier molecular flexibility index (Phi) is 8.45. The van der Waals surface area contributed by atoms with Gasteiger partial charge in [-0.1, -0.05) is 28.9 Å². The van der Waals surface area contributed by atoms with Gasteiger partial charge in [-0.25, -0.2) is 0 Å². The number of alkyl halides is 3. The fraction of sp³-hybridized carbons (Fsp3) is 0.357. The Bertz CT molecular complexity index is 601. The second kappa shape index (κ2) is 9.26. The average molecular weight is 415 g/mol. The molecule has 1 aromatic carbocycles. The van der Waals surface area contributed by atoms with Crippen LogP contribution in [0.3, 0.4) is 0 Å². The molecule has 0 aliphatic heterocycles. The highest BCUT2D eigenvalue weighted by molar-refractivity contribution is 9.10. The van der Waals surface area contributed by atoms with Crippen LogP contribution >= 0.6 is 15.9 Å². The van der Waals surface area contributed by atoms with Crippen molar-refractivity contribution in [3.63, 3.8) is 0 Å². The number of halogens is 4. The maximum Gasteiger partial charge on any atom is 0.416 e. The van der Waals surface area contributed by atoms with Crippen LogP contribution in [0.2, 0.25) is 0 Å². The van der Waals surface area contributed by atoms with E-state index in [9.17, 15) is 27.6 Å².